The fraction of sp³-hybridized carbons (Fsp3) is 0.0833. The van der Waals surface area contributed by atoms with Gasteiger partial charge in [-0.1, -0.05) is 30.3 Å². The molecule has 0 spiro atoms. The van der Waals surface area contributed by atoms with Crippen LogP contribution >= 0.6 is 0 Å². The maximum Gasteiger partial charge on any atom is 0.274 e. The molecule has 1 N–H and O–H groups in total. The van der Waals surface area contributed by atoms with Crippen molar-refractivity contribution >= 4 is 16.3 Å². The summed E-state index contributed by atoms with van der Waals surface area (Å²) in [5.74, 6) is -0.0184. The topological polar surface area (TPSA) is 76.4 Å². The van der Waals surface area contributed by atoms with Crippen LogP contribution in [-0.4, -0.2) is 14.7 Å². The minimum atomic E-state index is -3.72. The minimum absolute atomic E-state index is 0.0184. The van der Waals surface area contributed by atoms with E-state index in [0.29, 0.717) is 6.29 Å². The molecule has 94 valence electrons. The number of furan rings is 1. The van der Waals surface area contributed by atoms with Crippen molar-refractivity contribution in [3.63, 3.8) is 0 Å². The summed E-state index contributed by atoms with van der Waals surface area (Å²) in [6.45, 7) is 0.167. The molecule has 2 rings (SSSR count). The third kappa shape index (κ3) is 2.85. The first kappa shape index (κ1) is 12.5. The SMILES string of the molecule is O=Cc1ccc(S(=O)(=O)NCc2ccccc2)o1. The highest BCUT2D eigenvalue weighted by atomic mass is 32.2. The van der Waals surface area contributed by atoms with Crippen molar-refractivity contribution in [3.05, 3.63) is 53.8 Å². The number of carbonyl (C=O) groups is 1. The molecule has 5 nitrogen and oxygen atoms in total. The Morgan fingerprint density at radius 2 is 1.83 bits per heavy atom. The summed E-state index contributed by atoms with van der Waals surface area (Å²) in [4.78, 5) is 10.4. The number of rotatable bonds is 5. The first-order valence-corrected chi connectivity index (χ1v) is 6.69. The van der Waals surface area contributed by atoms with E-state index in [9.17, 15) is 13.2 Å². The van der Waals surface area contributed by atoms with E-state index in [2.05, 4.69) is 4.72 Å². The molecular formula is C12H11NO4S. The van der Waals surface area contributed by atoms with Crippen LogP contribution in [0.5, 0.6) is 0 Å². The molecule has 0 fully saturated rings. The summed E-state index contributed by atoms with van der Waals surface area (Å²) in [5, 5.41) is -0.263. The van der Waals surface area contributed by atoms with E-state index in [1.165, 1.54) is 12.1 Å². The second kappa shape index (κ2) is 5.16. The molecule has 0 saturated heterocycles. The zero-order valence-electron chi connectivity index (χ0n) is 9.37. The molecular weight excluding hydrogens is 254 g/mol. The maximum atomic E-state index is 11.8. The number of aldehydes is 1. The van der Waals surface area contributed by atoms with Crippen LogP contribution in [0.25, 0.3) is 0 Å². The first-order valence-electron chi connectivity index (χ1n) is 5.20. The van der Waals surface area contributed by atoms with E-state index in [0.717, 1.165) is 5.56 Å². The molecule has 0 aliphatic carbocycles. The highest BCUT2D eigenvalue weighted by Crippen LogP contribution is 2.12. The Balaban J connectivity index is 2.10. The van der Waals surface area contributed by atoms with E-state index >= 15 is 0 Å². The van der Waals surface area contributed by atoms with Crippen molar-refractivity contribution in [2.24, 2.45) is 0 Å². The molecule has 1 aromatic heterocycles. The van der Waals surface area contributed by atoms with Gasteiger partial charge >= 0.3 is 0 Å². The summed E-state index contributed by atoms with van der Waals surface area (Å²) in [5.41, 5.74) is 0.836. The largest absolute Gasteiger partial charge is 0.440 e. The van der Waals surface area contributed by atoms with Crippen LogP contribution in [0.2, 0.25) is 0 Å². The van der Waals surface area contributed by atoms with Crippen LogP contribution in [0.4, 0.5) is 0 Å². The first-order chi connectivity index (χ1) is 8.62. The van der Waals surface area contributed by atoms with E-state index in [1.807, 2.05) is 30.3 Å². The van der Waals surface area contributed by atoms with Crippen LogP contribution in [0.1, 0.15) is 16.1 Å². The predicted molar refractivity (Wildman–Crippen MR) is 64.6 cm³/mol. The Kier molecular flexibility index (Phi) is 3.59. The Morgan fingerprint density at radius 3 is 2.44 bits per heavy atom. The highest BCUT2D eigenvalue weighted by molar-refractivity contribution is 7.89. The Labute approximate surface area is 104 Å². The van der Waals surface area contributed by atoms with Gasteiger partial charge in [0, 0.05) is 6.54 Å². The van der Waals surface area contributed by atoms with Crippen LogP contribution in [0, 0.1) is 0 Å². The van der Waals surface area contributed by atoms with Gasteiger partial charge in [0.25, 0.3) is 10.0 Å². The van der Waals surface area contributed by atoms with Gasteiger partial charge in [-0.2, -0.15) is 0 Å². The van der Waals surface area contributed by atoms with E-state index in [1.54, 1.807) is 0 Å². The molecule has 0 unspecified atom stereocenters. The van der Waals surface area contributed by atoms with Gasteiger partial charge in [-0.25, -0.2) is 13.1 Å². The molecule has 0 aliphatic heterocycles. The summed E-state index contributed by atoms with van der Waals surface area (Å²) in [6.07, 6.45) is 0.455. The molecule has 0 radical (unpaired) electrons. The Hall–Kier alpha value is -1.92. The number of carbonyl (C=O) groups excluding carboxylic acids is 1. The van der Waals surface area contributed by atoms with Gasteiger partial charge in [0.2, 0.25) is 5.09 Å². The number of benzene rings is 1. The normalized spacial score (nSPS) is 11.3. The van der Waals surface area contributed by atoms with E-state index in [4.69, 9.17) is 4.42 Å². The second-order valence-corrected chi connectivity index (χ2v) is 5.28. The lowest BCUT2D eigenvalue weighted by molar-refractivity contribution is 0.109. The monoisotopic (exact) mass is 265 g/mol. The molecule has 0 saturated carbocycles. The zero-order valence-corrected chi connectivity index (χ0v) is 10.2. The molecule has 1 aromatic carbocycles. The lowest BCUT2D eigenvalue weighted by Crippen LogP contribution is -2.22. The number of hydrogen-bond donors (Lipinski definition) is 1. The van der Waals surface area contributed by atoms with Gasteiger partial charge in [0.1, 0.15) is 0 Å². The number of hydrogen-bond acceptors (Lipinski definition) is 4. The molecule has 0 amide bonds. The lowest BCUT2D eigenvalue weighted by atomic mass is 10.2. The lowest BCUT2D eigenvalue weighted by Gasteiger charge is -2.03. The molecule has 18 heavy (non-hydrogen) atoms. The van der Waals surface area contributed by atoms with Gasteiger partial charge in [0.15, 0.2) is 12.0 Å². The zero-order chi connectivity index (χ0) is 13.0. The Morgan fingerprint density at radius 1 is 1.11 bits per heavy atom. The molecule has 0 atom stereocenters. The molecule has 1 heterocycles. The number of nitrogens with one attached hydrogen (secondary N) is 1. The summed E-state index contributed by atoms with van der Waals surface area (Å²) < 4.78 is 30.9. The molecule has 0 aliphatic rings. The fourth-order valence-electron chi connectivity index (χ4n) is 1.39. The van der Waals surface area contributed by atoms with Crippen LogP contribution in [-0.2, 0) is 16.6 Å². The van der Waals surface area contributed by atoms with Crippen molar-refractivity contribution in [2.45, 2.75) is 11.6 Å². The van der Waals surface area contributed by atoms with Crippen molar-refractivity contribution < 1.29 is 17.6 Å². The standard InChI is InChI=1S/C12H11NO4S/c14-9-11-6-7-12(17-11)18(15,16)13-8-10-4-2-1-3-5-10/h1-7,9,13H,8H2. The van der Waals surface area contributed by atoms with Crippen LogP contribution in [0.15, 0.2) is 52.0 Å². The summed E-state index contributed by atoms with van der Waals surface area (Å²) >= 11 is 0. The van der Waals surface area contributed by atoms with Gasteiger partial charge < -0.3 is 4.42 Å². The van der Waals surface area contributed by atoms with Crippen molar-refractivity contribution in [3.8, 4) is 0 Å². The van der Waals surface area contributed by atoms with E-state index < -0.39 is 10.0 Å². The quantitative estimate of drug-likeness (QED) is 0.832. The highest BCUT2D eigenvalue weighted by Gasteiger charge is 2.18. The smallest absolute Gasteiger partial charge is 0.274 e. The van der Waals surface area contributed by atoms with E-state index in [-0.39, 0.29) is 17.4 Å². The average molecular weight is 265 g/mol. The van der Waals surface area contributed by atoms with Crippen molar-refractivity contribution in [2.75, 3.05) is 0 Å². The summed E-state index contributed by atoms with van der Waals surface area (Å²) in [6, 6.07) is 11.7. The predicted octanol–water partition coefficient (Wildman–Crippen LogP) is 1.57. The third-order valence-corrected chi connectivity index (χ3v) is 3.57. The third-order valence-electron chi connectivity index (χ3n) is 2.29. The van der Waals surface area contributed by atoms with Gasteiger partial charge in [-0.05, 0) is 17.7 Å². The fourth-order valence-corrected chi connectivity index (χ4v) is 2.34. The second-order valence-electron chi connectivity index (χ2n) is 3.58. The maximum absolute atomic E-state index is 11.8. The number of sulfonamides is 1. The summed E-state index contributed by atoms with van der Waals surface area (Å²) in [7, 11) is -3.72. The minimum Gasteiger partial charge on any atom is -0.440 e. The van der Waals surface area contributed by atoms with Crippen molar-refractivity contribution in [1.29, 1.82) is 0 Å². The molecule has 6 heteroatoms. The van der Waals surface area contributed by atoms with Crippen molar-refractivity contribution in [1.82, 2.24) is 4.72 Å². The van der Waals surface area contributed by atoms with Crippen LogP contribution in [0.3, 0.4) is 0 Å². The molecule has 0 bridgehead atoms. The van der Waals surface area contributed by atoms with Crippen LogP contribution < -0.4 is 4.72 Å². The van der Waals surface area contributed by atoms with Gasteiger partial charge in [0.05, 0.1) is 0 Å². The van der Waals surface area contributed by atoms with Gasteiger partial charge in [-0.15, -0.1) is 0 Å². The Bertz CT molecular complexity index is 631. The average Bonchev–Trinajstić information content (AvgIpc) is 2.87. The van der Waals surface area contributed by atoms with Gasteiger partial charge in [-0.3, -0.25) is 4.79 Å². The molecule has 2 aromatic rings.